The van der Waals surface area contributed by atoms with Gasteiger partial charge < -0.3 is 10.5 Å². The summed E-state index contributed by atoms with van der Waals surface area (Å²) >= 11 is 1.76. The fraction of sp³-hybridized carbons (Fsp3) is 0.333. The molecule has 0 saturated heterocycles. The Hall–Kier alpha value is -1.39. The highest BCUT2D eigenvalue weighted by Gasteiger charge is 2.28. The Morgan fingerprint density at radius 1 is 1.37 bits per heavy atom. The number of aryl methyl sites for hydroxylation is 1. The summed E-state index contributed by atoms with van der Waals surface area (Å²) in [5.41, 5.74) is 6.91. The molecule has 0 fully saturated rings. The SMILES string of the molecule is CCc1ccc(C2C[C@@H](N)c3cc(F)ccc3O2)s1. The van der Waals surface area contributed by atoms with Crippen LogP contribution in [0.5, 0.6) is 5.75 Å². The molecule has 1 aromatic heterocycles. The average Bonchev–Trinajstić information content (AvgIpc) is 2.88. The van der Waals surface area contributed by atoms with Crippen LogP contribution in [-0.2, 0) is 6.42 Å². The van der Waals surface area contributed by atoms with Crippen LogP contribution < -0.4 is 10.5 Å². The van der Waals surface area contributed by atoms with Gasteiger partial charge in [0.1, 0.15) is 17.7 Å². The van der Waals surface area contributed by atoms with E-state index in [1.165, 1.54) is 21.9 Å². The summed E-state index contributed by atoms with van der Waals surface area (Å²) in [6.07, 6.45) is 1.71. The Morgan fingerprint density at radius 2 is 2.21 bits per heavy atom. The van der Waals surface area contributed by atoms with Gasteiger partial charge in [0.2, 0.25) is 0 Å². The van der Waals surface area contributed by atoms with Gasteiger partial charge in [0.05, 0.1) is 0 Å². The minimum absolute atomic E-state index is 0.0155. The zero-order valence-corrected chi connectivity index (χ0v) is 11.5. The van der Waals surface area contributed by atoms with E-state index >= 15 is 0 Å². The first kappa shape index (κ1) is 12.6. The number of nitrogens with two attached hydrogens (primary N) is 1. The van der Waals surface area contributed by atoms with Crippen LogP contribution in [0.2, 0.25) is 0 Å². The van der Waals surface area contributed by atoms with Crippen LogP contribution in [0.25, 0.3) is 0 Å². The van der Waals surface area contributed by atoms with Gasteiger partial charge in [-0.3, -0.25) is 0 Å². The molecule has 2 aromatic rings. The van der Waals surface area contributed by atoms with Crippen molar-refractivity contribution in [3.63, 3.8) is 0 Å². The van der Waals surface area contributed by atoms with Crippen LogP contribution in [0.1, 0.15) is 40.8 Å². The van der Waals surface area contributed by atoms with E-state index in [9.17, 15) is 4.39 Å². The highest BCUT2D eigenvalue weighted by Crippen LogP contribution is 2.41. The van der Waals surface area contributed by atoms with Crippen LogP contribution >= 0.6 is 11.3 Å². The van der Waals surface area contributed by atoms with Gasteiger partial charge in [-0.05, 0) is 36.8 Å². The molecular formula is C15H16FNOS. The van der Waals surface area contributed by atoms with Crippen molar-refractivity contribution in [1.82, 2.24) is 0 Å². The molecule has 1 unspecified atom stereocenters. The predicted molar refractivity (Wildman–Crippen MR) is 75.0 cm³/mol. The van der Waals surface area contributed by atoms with E-state index in [1.807, 2.05) is 0 Å². The number of fused-ring (bicyclic) bond motifs is 1. The number of benzene rings is 1. The van der Waals surface area contributed by atoms with Crippen molar-refractivity contribution in [2.24, 2.45) is 5.73 Å². The summed E-state index contributed by atoms with van der Waals surface area (Å²) in [5.74, 6) is 0.442. The van der Waals surface area contributed by atoms with Crippen molar-refractivity contribution in [2.75, 3.05) is 0 Å². The number of thiophene rings is 1. The lowest BCUT2D eigenvalue weighted by Gasteiger charge is -2.29. The van der Waals surface area contributed by atoms with E-state index < -0.39 is 0 Å². The summed E-state index contributed by atoms with van der Waals surface area (Å²) in [7, 11) is 0. The van der Waals surface area contributed by atoms with E-state index in [4.69, 9.17) is 10.5 Å². The molecule has 0 bridgehead atoms. The van der Waals surface area contributed by atoms with Gasteiger partial charge >= 0.3 is 0 Å². The zero-order chi connectivity index (χ0) is 13.4. The quantitative estimate of drug-likeness (QED) is 0.901. The molecule has 0 radical (unpaired) electrons. The maximum atomic E-state index is 13.2. The molecule has 0 aliphatic carbocycles. The molecule has 2 N–H and O–H groups in total. The van der Waals surface area contributed by atoms with Gasteiger partial charge in [0.25, 0.3) is 0 Å². The molecule has 1 aromatic carbocycles. The molecule has 0 spiro atoms. The first-order valence-corrected chi connectivity index (χ1v) is 7.29. The van der Waals surface area contributed by atoms with Gasteiger partial charge in [-0.1, -0.05) is 6.92 Å². The van der Waals surface area contributed by atoms with Crippen molar-refractivity contribution in [3.8, 4) is 5.75 Å². The lowest BCUT2D eigenvalue weighted by atomic mass is 9.96. The van der Waals surface area contributed by atoms with Gasteiger partial charge in [-0.25, -0.2) is 4.39 Å². The maximum absolute atomic E-state index is 13.2. The molecule has 4 heteroatoms. The molecule has 100 valence electrons. The number of ether oxygens (including phenoxy) is 1. The minimum Gasteiger partial charge on any atom is -0.484 e. The molecule has 1 aliphatic rings. The fourth-order valence-electron chi connectivity index (χ4n) is 2.41. The third kappa shape index (κ3) is 2.38. The molecular weight excluding hydrogens is 261 g/mol. The number of hydrogen-bond donors (Lipinski definition) is 1. The van der Waals surface area contributed by atoms with Gasteiger partial charge in [0.15, 0.2) is 0 Å². The molecule has 3 rings (SSSR count). The summed E-state index contributed by atoms with van der Waals surface area (Å²) < 4.78 is 19.2. The molecule has 2 atom stereocenters. The third-order valence-electron chi connectivity index (χ3n) is 3.46. The zero-order valence-electron chi connectivity index (χ0n) is 10.7. The Kier molecular flexibility index (Phi) is 3.29. The third-order valence-corrected chi connectivity index (χ3v) is 4.78. The monoisotopic (exact) mass is 277 g/mol. The second kappa shape index (κ2) is 4.94. The summed E-state index contributed by atoms with van der Waals surface area (Å²) in [4.78, 5) is 2.54. The van der Waals surface area contributed by atoms with E-state index in [0.29, 0.717) is 12.2 Å². The number of hydrogen-bond acceptors (Lipinski definition) is 3. The van der Waals surface area contributed by atoms with E-state index in [-0.39, 0.29) is 18.0 Å². The van der Waals surface area contributed by atoms with Gasteiger partial charge in [-0.15, -0.1) is 11.3 Å². The highest BCUT2D eigenvalue weighted by atomic mass is 32.1. The summed E-state index contributed by atoms with van der Waals surface area (Å²) in [6, 6.07) is 8.63. The first-order chi connectivity index (χ1) is 9.17. The van der Waals surface area contributed by atoms with Crippen molar-refractivity contribution in [2.45, 2.75) is 31.9 Å². The number of rotatable bonds is 2. The van der Waals surface area contributed by atoms with E-state index in [1.54, 1.807) is 17.4 Å². The normalized spacial score (nSPS) is 21.8. The van der Waals surface area contributed by atoms with Gasteiger partial charge in [0, 0.05) is 27.8 Å². The molecule has 2 nitrogen and oxygen atoms in total. The van der Waals surface area contributed by atoms with Crippen LogP contribution in [0, 0.1) is 5.82 Å². The Labute approximate surface area is 116 Å². The Balaban J connectivity index is 1.90. The molecule has 0 saturated carbocycles. The van der Waals surface area contributed by atoms with Crippen molar-refractivity contribution < 1.29 is 9.13 Å². The van der Waals surface area contributed by atoms with Crippen molar-refractivity contribution in [3.05, 3.63) is 51.5 Å². The van der Waals surface area contributed by atoms with Crippen LogP contribution in [0.4, 0.5) is 4.39 Å². The molecule has 19 heavy (non-hydrogen) atoms. The predicted octanol–water partition coefficient (Wildman–Crippen LogP) is 3.97. The number of halogens is 1. The standard InChI is InChI=1S/C15H16FNOS/c1-2-10-4-6-15(19-10)14-8-12(17)11-7-9(16)3-5-13(11)18-14/h3-7,12,14H,2,8,17H2,1H3/t12-,14?/m1/s1. The summed E-state index contributed by atoms with van der Waals surface area (Å²) in [6.45, 7) is 2.14. The lowest BCUT2D eigenvalue weighted by molar-refractivity contribution is 0.164. The van der Waals surface area contributed by atoms with Crippen LogP contribution in [0.15, 0.2) is 30.3 Å². The Bertz CT molecular complexity index is 596. The second-order valence-corrected chi connectivity index (χ2v) is 5.99. The largest absolute Gasteiger partial charge is 0.484 e. The van der Waals surface area contributed by atoms with E-state index in [0.717, 1.165) is 12.0 Å². The van der Waals surface area contributed by atoms with Crippen LogP contribution in [0.3, 0.4) is 0 Å². The minimum atomic E-state index is -0.263. The Morgan fingerprint density at radius 3 is 2.95 bits per heavy atom. The fourth-order valence-corrected chi connectivity index (χ4v) is 3.40. The highest BCUT2D eigenvalue weighted by molar-refractivity contribution is 7.12. The first-order valence-electron chi connectivity index (χ1n) is 6.47. The molecule has 2 heterocycles. The topological polar surface area (TPSA) is 35.2 Å². The van der Waals surface area contributed by atoms with Crippen LogP contribution in [-0.4, -0.2) is 0 Å². The van der Waals surface area contributed by atoms with Crippen molar-refractivity contribution in [1.29, 1.82) is 0 Å². The van der Waals surface area contributed by atoms with Gasteiger partial charge in [-0.2, -0.15) is 0 Å². The maximum Gasteiger partial charge on any atom is 0.135 e. The lowest BCUT2D eigenvalue weighted by Crippen LogP contribution is -2.23. The summed E-state index contributed by atoms with van der Waals surface area (Å²) in [5, 5.41) is 0. The average molecular weight is 277 g/mol. The molecule has 0 amide bonds. The van der Waals surface area contributed by atoms with E-state index in [2.05, 4.69) is 19.1 Å². The van der Waals surface area contributed by atoms with Crippen molar-refractivity contribution >= 4 is 11.3 Å². The second-order valence-electron chi connectivity index (χ2n) is 4.79. The molecule has 1 aliphatic heterocycles. The smallest absolute Gasteiger partial charge is 0.135 e.